The van der Waals surface area contributed by atoms with Gasteiger partial charge < -0.3 is 0 Å². The third-order valence-electron chi connectivity index (χ3n) is 3.26. The van der Waals surface area contributed by atoms with Gasteiger partial charge in [0.25, 0.3) is 0 Å². The van der Waals surface area contributed by atoms with Crippen LogP contribution in [-0.4, -0.2) is 4.98 Å². The summed E-state index contributed by atoms with van der Waals surface area (Å²) in [5, 5.41) is 0. The zero-order valence-electron chi connectivity index (χ0n) is 11.2. The van der Waals surface area contributed by atoms with E-state index in [1.54, 1.807) is 0 Å². The molecule has 0 aliphatic rings. The minimum atomic E-state index is 0.974. The number of hydrogen-bond donors (Lipinski definition) is 0. The molecule has 0 unspecified atom stereocenters. The number of aromatic nitrogens is 1. The van der Waals surface area contributed by atoms with Gasteiger partial charge in [0, 0.05) is 16.7 Å². The molecule has 0 aliphatic carbocycles. The Hall–Kier alpha value is -2.67. The predicted octanol–water partition coefficient (Wildman–Crippen LogP) is 5.06. The van der Waals surface area contributed by atoms with E-state index in [0.717, 1.165) is 28.1 Å². The topological polar surface area (TPSA) is 12.9 Å². The van der Waals surface area contributed by atoms with Crippen LogP contribution < -0.4 is 0 Å². The molecule has 2 aromatic carbocycles. The number of hydrogen-bond acceptors (Lipinski definition) is 1. The molecule has 0 saturated heterocycles. The van der Waals surface area contributed by atoms with Gasteiger partial charge in [0.2, 0.25) is 0 Å². The summed E-state index contributed by atoms with van der Waals surface area (Å²) in [6, 6.07) is 24.5. The molecule has 0 atom stereocenters. The molecular weight excluding hydrogens is 242 g/mol. The summed E-state index contributed by atoms with van der Waals surface area (Å²) in [5.74, 6) is 0. The predicted molar refractivity (Wildman–Crippen MR) is 85.2 cm³/mol. The fourth-order valence-electron chi connectivity index (χ4n) is 2.23. The Labute approximate surface area is 119 Å². The molecule has 1 aromatic heterocycles. The van der Waals surface area contributed by atoms with Crippen molar-refractivity contribution in [2.75, 3.05) is 0 Å². The minimum absolute atomic E-state index is 0.974. The highest BCUT2D eigenvalue weighted by molar-refractivity contribution is 5.74. The lowest BCUT2D eigenvalue weighted by atomic mass is 10.0. The van der Waals surface area contributed by atoms with Crippen molar-refractivity contribution in [3.8, 4) is 22.5 Å². The van der Waals surface area contributed by atoms with Crippen LogP contribution >= 0.6 is 0 Å². The van der Waals surface area contributed by atoms with Crippen LogP contribution in [0.2, 0.25) is 0 Å². The maximum atomic E-state index is 4.81. The van der Waals surface area contributed by atoms with Gasteiger partial charge in [-0.1, -0.05) is 79.4 Å². The SMILES string of the molecule is C=Cc1ccc(-c2ccccc2)nc1-c1ccccc1. The first-order valence-corrected chi connectivity index (χ1v) is 6.63. The van der Waals surface area contributed by atoms with E-state index in [1.807, 2.05) is 48.5 Å². The lowest BCUT2D eigenvalue weighted by Gasteiger charge is -2.08. The van der Waals surface area contributed by atoms with Crippen molar-refractivity contribution in [2.24, 2.45) is 0 Å². The molecule has 0 saturated carbocycles. The summed E-state index contributed by atoms with van der Waals surface area (Å²) >= 11 is 0. The van der Waals surface area contributed by atoms with E-state index in [4.69, 9.17) is 4.98 Å². The quantitative estimate of drug-likeness (QED) is 0.639. The number of rotatable bonds is 3. The maximum absolute atomic E-state index is 4.81. The molecule has 3 aromatic rings. The molecule has 0 aliphatic heterocycles. The van der Waals surface area contributed by atoms with E-state index in [1.165, 1.54) is 0 Å². The first-order chi connectivity index (χ1) is 9.88. The molecule has 0 bridgehead atoms. The normalized spacial score (nSPS) is 10.2. The molecule has 0 amide bonds. The molecule has 0 N–H and O–H groups in total. The van der Waals surface area contributed by atoms with E-state index in [9.17, 15) is 0 Å². The lowest BCUT2D eigenvalue weighted by molar-refractivity contribution is 1.31. The van der Waals surface area contributed by atoms with Gasteiger partial charge in [-0.15, -0.1) is 0 Å². The van der Waals surface area contributed by atoms with Crippen LogP contribution in [0.15, 0.2) is 79.4 Å². The van der Waals surface area contributed by atoms with E-state index in [-0.39, 0.29) is 0 Å². The molecule has 0 fully saturated rings. The summed E-state index contributed by atoms with van der Waals surface area (Å²) in [6.45, 7) is 3.88. The van der Waals surface area contributed by atoms with E-state index < -0.39 is 0 Å². The average molecular weight is 257 g/mol. The first-order valence-electron chi connectivity index (χ1n) is 6.63. The third-order valence-corrected chi connectivity index (χ3v) is 3.26. The van der Waals surface area contributed by atoms with Crippen LogP contribution in [0.25, 0.3) is 28.6 Å². The van der Waals surface area contributed by atoms with Gasteiger partial charge in [-0.05, 0) is 6.07 Å². The average Bonchev–Trinajstić information content (AvgIpc) is 2.56. The van der Waals surface area contributed by atoms with Crippen LogP contribution in [0.1, 0.15) is 5.56 Å². The smallest absolute Gasteiger partial charge is 0.0781 e. The molecule has 3 rings (SSSR count). The van der Waals surface area contributed by atoms with Crippen molar-refractivity contribution in [1.29, 1.82) is 0 Å². The maximum Gasteiger partial charge on any atom is 0.0781 e. The van der Waals surface area contributed by atoms with Gasteiger partial charge in [0.15, 0.2) is 0 Å². The second-order valence-electron chi connectivity index (χ2n) is 4.57. The Balaban J connectivity index is 2.16. The highest BCUT2D eigenvalue weighted by Gasteiger charge is 2.07. The molecule has 1 heteroatoms. The molecule has 96 valence electrons. The highest BCUT2D eigenvalue weighted by Crippen LogP contribution is 2.26. The van der Waals surface area contributed by atoms with Crippen molar-refractivity contribution in [3.63, 3.8) is 0 Å². The van der Waals surface area contributed by atoms with Crippen LogP contribution in [0.5, 0.6) is 0 Å². The largest absolute Gasteiger partial charge is 0.247 e. The summed E-state index contributed by atoms with van der Waals surface area (Å²) in [5.41, 5.74) is 5.24. The Morgan fingerprint density at radius 1 is 0.700 bits per heavy atom. The van der Waals surface area contributed by atoms with Crippen LogP contribution in [0.4, 0.5) is 0 Å². The molecular formula is C19H15N. The number of pyridine rings is 1. The zero-order valence-corrected chi connectivity index (χ0v) is 11.2. The number of benzene rings is 2. The van der Waals surface area contributed by atoms with Gasteiger partial charge >= 0.3 is 0 Å². The van der Waals surface area contributed by atoms with Crippen LogP contribution in [0.3, 0.4) is 0 Å². The molecule has 20 heavy (non-hydrogen) atoms. The van der Waals surface area contributed by atoms with E-state index in [0.29, 0.717) is 0 Å². The Bertz CT molecular complexity index is 715. The molecule has 0 spiro atoms. The van der Waals surface area contributed by atoms with Gasteiger partial charge in [-0.3, -0.25) is 0 Å². The summed E-state index contributed by atoms with van der Waals surface area (Å²) < 4.78 is 0. The minimum Gasteiger partial charge on any atom is -0.247 e. The van der Waals surface area contributed by atoms with Crippen LogP contribution in [-0.2, 0) is 0 Å². The van der Waals surface area contributed by atoms with Crippen molar-refractivity contribution in [3.05, 3.63) is 84.9 Å². The highest BCUT2D eigenvalue weighted by atomic mass is 14.7. The fraction of sp³-hybridized carbons (Fsp3) is 0. The molecule has 1 heterocycles. The van der Waals surface area contributed by atoms with E-state index in [2.05, 4.69) is 36.9 Å². The van der Waals surface area contributed by atoms with Gasteiger partial charge in [-0.25, -0.2) is 4.98 Å². The van der Waals surface area contributed by atoms with Crippen molar-refractivity contribution >= 4 is 6.08 Å². The lowest BCUT2D eigenvalue weighted by Crippen LogP contribution is -1.91. The van der Waals surface area contributed by atoms with Gasteiger partial charge in [-0.2, -0.15) is 0 Å². The summed E-state index contributed by atoms with van der Waals surface area (Å²) in [6.07, 6.45) is 1.85. The second kappa shape index (κ2) is 5.54. The number of nitrogens with zero attached hydrogens (tertiary/aromatic N) is 1. The van der Waals surface area contributed by atoms with Crippen molar-refractivity contribution in [2.45, 2.75) is 0 Å². The van der Waals surface area contributed by atoms with E-state index >= 15 is 0 Å². The van der Waals surface area contributed by atoms with Crippen LogP contribution in [0, 0.1) is 0 Å². The standard InChI is InChI=1S/C19H15N/c1-2-15-13-14-18(16-9-5-3-6-10-16)20-19(15)17-11-7-4-8-12-17/h2-14H,1H2. The second-order valence-corrected chi connectivity index (χ2v) is 4.57. The molecule has 0 radical (unpaired) electrons. The zero-order chi connectivity index (χ0) is 13.8. The third kappa shape index (κ3) is 2.39. The molecule has 1 nitrogen and oxygen atoms in total. The first kappa shape index (κ1) is 12.4. The Morgan fingerprint density at radius 3 is 1.90 bits per heavy atom. The summed E-state index contributed by atoms with van der Waals surface area (Å²) in [4.78, 5) is 4.81. The van der Waals surface area contributed by atoms with Crippen molar-refractivity contribution < 1.29 is 0 Å². The van der Waals surface area contributed by atoms with Gasteiger partial charge in [0.1, 0.15) is 0 Å². The Kier molecular flexibility index (Phi) is 3.42. The Morgan fingerprint density at radius 2 is 1.30 bits per heavy atom. The monoisotopic (exact) mass is 257 g/mol. The summed E-state index contributed by atoms with van der Waals surface area (Å²) in [7, 11) is 0. The van der Waals surface area contributed by atoms with Crippen molar-refractivity contribution in [1.82, 2.24) is 4.98 Å². The van der Waals surface area contributed by atoms with Gasteiger partial charge in [0.05, 0.1) is 11.4 Å². The fourth-order valence-corrected chi connectivity index (χ4v) is 2.23.